The molecule has 7 heteroatoms. The summed E-state index contributed by atoms with van der Waals surface area (Å²) in [5, 5.41) is 4.27. The van der Waals surface area contributed by atoms with Crippen molar-refractivity contribution in [2.75, 3.05) is 10.7 Å². The standard InChI is InChI=1S/C14H12N6O/c15-20-13-11-4-2-1-3-10(11)12(7-18-13)14(21)19-9-5-16-8-17-6-9/h1-8H,15H2,(H,18,20)(H,19,21). The molecule has 4 N–H and O–H groups in total. The molecule has 0 aliphatic carbocycles. The first-order valence-electron chi connectivity index (χ1n) is 6.20. The van der Waals surface area contributed by atoms with Crippen LogP contribution >= 0.6 is 0 Å². The molecule has 0 aliphatic rings. The maximum absolute atomic E-state index is 12.4. The number of hydrogen-bond donors (Lipinski definition) is 3. The van der Waals surface area contributed by atoms with Gasteiger partial charge in [-0.3, -0.25) is 4.79 Å². The van der Waals surface area contributed by atoms with Crippen LogP contribution in [0.25, 0.3) is 10.8 Å². The van der Waals surface area contributed by atoms with Crippen LogP contribution in [0.4, 0.5) is 11.5 Å². The quantitative estimate of drug-likeness (QED) is 0.496. The van der Waals surface area contributed by atoms with Crippen LogP contribution in [0.2, 0.25) is 0 Å². The van der Waals surface area contributed by atoms with E-state index in [9.17, 15) is 4.79 Å². The maximum Gasteiger partial charge on any atom is 0.257 e. The number of carbonyl (C=O) groups is 1. The van der Waals surface area contributed by atoms with Gasteiger partial charge in [0, 0.05) is 11.6 Å². The molecule has 0 radical (unpaired) electrons. The summed E-state index contributed by atoms with van der Waals surface area (Å²) in [5.41, 5.74) is 3.50. The van der Waals surface area contributed by atoms with Crippen LogP contribution in [-0.4, -0.2) is 20.9 Å². The Morgan fingerprint density at radius 2 is 1.76 bits per heavy atom. The third kappa shape index (κ3) is 2.49. The molecule has 0 saturated heterocycles. The predicted molar refractivity (Wildman–Crippen MR) is 79.5 cm³/mol. The van der Waals surface area contributed by atoms with Crippen molar-refractivity contribution < 1.29 is 4.79 Å². The number of amides is 1. The van der Waals surface area contributed by atoms with Gasteiger partial charge in [0.1, 0.15) is 12.1 Å². The lowest BCUT2D eigenvalue weighted by atomic mass is 10.1. The lowest BCUT2D eigenvalue weighted by molar-refractivity contribution is 0.102. The fraction of sp³-hybridized carbons (Fsp3) is 0. The third-order valence-corrected chi connectivity index (χ3v) is 2.99. The molecule has 0 bridgehead atoms. The van der Waals surface area contributed by atoms with Crippen LogP contribution in [0.15, 0.2) is 49.2 Å². The van der Waals surface area contributed by atoms with E-state index in [2.05, 4.69) is 25.7 Å². The topological polar surface area (TPSA) is 106 Å². The summed E-state index contributed by atoms with van der Waals surface area (Å²) in [6, 6.07) is 7.40. The fourth-order valence-electron chi connectivity index (χ4n) is 2.05. The number of aromatic nitrogens is 3. The van der Waals surface area contributed by atoms with Gasteiger partial charge in [-0.05, 0) is 5.39 Å². The van der Waals surface area contributed by atoms with Crippen molar-refractivity contribution in [1.29, 1.82) is 0 Å². The summed E-state index contributed by atoms with van der Waals surface area (Å²) >= 11 is 0. The number of pyridine rings is 1. The highest BCUT2D eigenvalue weighted by Gasteiger charge is 2.13. The number of nitrogen functional groups attached to an aromatic ring is 1. The molecule has 0 fully saturated rings. The normalized spacial score (nSPS) is 10.3. The average molecular weight is 280 g/mol. The van der Waals surface area contributed by atoms with Crippen LogP contribution in [0.3, 0.4) is 0 Å². The van der Waals surface area contributed by atoms with Crippen LogP contribution in [0.1, 0.15) is 10.4 Å². The molecule has 104 valence electrons. The second-order valence-electron chi connectivity index (χ2n) is 4.29. The average Bonchev–Trinajstić information content (AvgIpc) is 2.54. The van der Waals surface area contributed by atoms with Crippen LogP contribution in [0, 0.1) is 0 Å². The number of nitrogens with zero attached hydrogens (tertiary/aromatic N) is 3. The van der Waals surface area contributed by atoms with Gasteiger partial charge in [-0.2, -0.15) is 0 Å². The van der Waals surface area contributed by atoms with Crippen molar-refractivity contribution >= 4 is 28.2 Å². The van der Waals surface area contributed by atoms with Gasteiger partial charge in [0.05, 0.1) is 23.6 Å². The summed E-state index contributed by atoms with van der Waals surface area (Å²) in [6.45, 7) is 0. The van der Waals surface area contributed by atoms with Crippen molar-refractivity contribution in [2.45, 2.75) is 0 Å². The van der Waals surface area contributed by atoms with E-state index in [1.54, 1.807) is 0 Å². The van der Waals surface area contributed by atoms with Gasteiger partial charge in [0.15, 0.2) is 0 Å². The summed E-state index contributed by atoms with van der Waals surface area (Å²) < 4.78 is 0. The first-order valence-corrected chi connectivity index (χ1v) is 6.20. The minimum atomic E-state index is -0.280. The lowest BCUT2D eigenvalue weighted by Gasteiger charge is -2.10. The SMILES string of the molecule is NNc1ncc(C(=O)Nc2cncnc2)c2ccccc12. The first-order chi connectivity index (χ1) is 10.3. The van der Waals surface area contributed by atoms with Crippen molar-refractivity contribution in [3.8, 4) is 0 Å². The van der Waals surface area contributed by atoms with E-state index in [0.717, 1.165) is 10.8 Å². The second-order valence-corrected chi connectivity index (χ2v) is 4.29. The van der Waals surface area contributed by atoms with Crippen LogP contribution in [-0.2, 0) is 0 Å². The number of hydrazine groups is 1. The molecule has 3 aromatic rings. The van der Waals surface area contributed by atoms with Crippen LogP contribution < -0.4 is 16.6 Å². The van der Waals surface area contributed by atoms with E-state index in [0.29, 0.717) is 17.1 Å². The predicted octanol–water partition coefficient (Wildman–Crippen LogP) is 1.56. The van der Waals surface area contributed by atoms with Gasteiger partial charge < -0.3 is 10.7 Å². The number of anilines is 2. The van der Waals surface area contributed by atoms with Crippen molar-refractivity contribution in [3.05, 3.63) is 54.7 Å². The highest BCUT2D eigenvalue weighted by atomic mass is 16.1. The Hall–Kier alpha value is -3.06. The van der Waals surface area contributed by atoms with Crippen LogP contribution in [0.5, 0.6) is 0 Å². The van der Waals surface area contributed by atoms with Crippen molar-refractivity contribution in [2.24, 2.45) is 5.84 Å². The highest BCUT2D eigenvalue weighted by molar-refractivity contribution is 6.14. The van der Waals surface area contributed by atoms with E-state index in [1.165, 1.54) is 24.9 Å². The summed E-state index contributed by atoms with van der Waals surface area (Å²) in [4.78, 5) is 24.2. The zero-order valence-corrected chi connectivity index (χ0v) is 10.9. The minimum Gasteiger partial charge on any atom is -0.319 e. The molecular formula is C14H12N6O. The molecule has 7 nitrogen and oxygen atoms in total. The van der Waals surface area contributed by atoms with E-state index in [4.69, 9.17) is 5.84 Å². The third-order valence-electron chi connectivity index (χ3n) is 2.99. The Bertz CT molecular complexity index is 790. The fourth-order valence-corrected chi connectivity index (χ4v) is 2.05. The Balaban J connectivity index is 2.03. The molecule has 1 aromatic carbocycles. The Labute approximate surface area is 120 Å². The van der Waals surface area contributed by atoms with Crippen molar-refractivity contribution in [1.82, 2.24) is 15.0 Å². The summed E-state index contributed by atoms with van der Waals surface area (Å²) in [6.07, 6.45) is 5.93. The highest BCUT2D eigenvalue weighted by Crippen LogP contribution is 2.24. The van der Waals surface area contributed by atoms with Gasteiger partial charge in [-0.1, -0.05) is 24.3 Å². The molecule has 2 heterocycles. The number of carbonyl (C=O) groups excluding carboxylic acids is 1. The number of hydrogen-bond acceptors (Lipinski definition) is 6. The molecule has 2 aromatic heterocycles. The second kappa shape index (κ2) is 5.51. The molecule has 0 saturated carbocycles. The number of nitrogens with two attached hydrogens (primary N) is 1. The number of nitrogens with one attached hydrogen (secondary N) is 2. The molecule has 21 heavy (non-hydrogen) atoms. The van der Waals surface area contributed by atoms with E-state index >= 15 is 0 Å². The number of fused-ring (bicyclic) bond motifs is 1. The molecule has 0 spiro atoms. The first kappa shape index (κ1) is 12.9. The lowest BCUT2D eigenvalue weighted by Crippen LogP contribution is -2.15. The smallest absolute Gasteiger partial charge is 0.257 e. The molecule has 0 atom stereocenters. The zero-order chi connectivity index (χ0) is 14.7. The molecular weight excluding hydrogens is 268 g/mol. The molecule has 1 amide bonds. The molecule has 0 unspecified atom stereocenters. The molecule has 0 aliphatic heterocycles. The largest absolute Gasteiger partial charge is 0.319 e. The van der Waals surface area contributed by atoms with Gasteiger partial charge in [0.25, 0.3) is 5.91 Å². The Kier molecular flexibility index (Phi) is 3.40. The number of rotatable bonds is 3. The Morgan fingerprint density at radius 3 is 2.48 bits per heavy atom. The van der Waals surface area contributed by atoms with Crippen molar-refractivity contribution in [3.63, 3.8) is 0 Å². The zero-order valence-electron chi connectivity index (χ0n) is 10.9. The van der Waals surface area contributed by atoms with Gasteiger partial charge >= 0.3 is 0 Å². The van der Waals surface area contributed by atoms with Gasteiger partial charge in [0.2, 0.25) is 0 Å². The minimum absolute atomic E-state index is 0.280. The Morgan fingerprint density at radius 1 is 1.05 bits per heavy atom. The van der Waals surface area contributed by atoms with E-state index in [-0.39, 0.29) is 5.91 Å². The number of benzene rings is 1. The maximum atomic E-state index is 12.4. The summed E-state index contributed by atoms with van der Waals surface area (Å²) in [5.74, 6) is 5.67. The summed E-state index contributed by atoms with van der Waals surface area (Å²) in [7, 11) is 0. The van der Waals surface area contributed by atoms with Gasteiger partial charge in [-0.25, -0.2) is 20.8 Å². The van der Waals surface area contributed by atoms with Gasteiger partial charge in [-0.15, -0.1) is 0 Å². The molecule has 3 rings (SSSR count). The van der Waals surface area contributed by atoms with E-state index < -0.39 is 0 Å². The van der Waals surface area contributed by atoms with E-state index in [1.807, 2.05) is 24.3 Å². The monoisotopic (exact) mass is 280 g/mol.